The van der Waals surface area contributed by atoms with Crippen LogP contribution in [0.1, 0.15) is 5.56 Å². The van der Waals surface area contributed by atoms with Gasteiger partial charge in [-0.25, -0.2) is 0 Å². The molecular formula is C18H18N2Se. The van der Waals surface area contributed by atoms with Crippen molar-refractivity contribution in [2.24, 2.45) is 0 Å². The summed E-state index contributed by atoms with van der Waals surface area (Å²) in [6.07, 6.45) is 1.06. The van der Waals surface area contributed by atoms with E-state index in [4.69, 9.17) is 4.98 Å². The van der Waals surface area contributed by atoms with Gasteiger partial charge in [0.15, 0.2) is 0 Å². The Kier molecular flexibility index (Phi) is 4.54. The van der Waals surface area contributed by atoms with E-state index in [1.165, 1.54) is 15.8 Å². The molecule has 0 fully saturated rings. The summed E-state index contributed by atoms with van der Waals surface area (Å²) in [4.78, 5) is 9.37. The monoisotopic (exact) mass is 342 g/mol. The molecule has 0 saturated carbocycles. The van der Waals surface area contributed by atoms with Gasteiger partial charge in [-0.05, 0) is 0 Å². The summed E-state index contributed by atoms with van der Waals surface area (Å²) in [5, 5.41) is 0. The Morgan fingerprint density at radius 2 is 1.62 bits per heavy atom. The average molecular weight is 341 g/mol. The van der Waals surface area contributed by atoms with Crippen molar-refractivity contribution >= 4 is 19.2 Å². The molecule has 0 atom stereocenters. The van der Waals surface area contributed by atoms with Crippen molar-refractivity contribution in [3.8, 4) is 11.3 Å². The minimum atomic E-state index is 0.344. The number of likely N-dealkylation sites (N-methyl/N-ethyl adjacent to an activating group) is 1. The molecule has 2 aromatic carbocycles. The number of anilines is 1. The molecule has 0 aliphatic heterocycles. The van der Waals surface area contributed by atoms with Crippen LogP contribution in [0.15, 0.2) is 65.6 Å². The fourth-order valence-electron chi connectivity index (χ4n) is 2.22. The molecule has 0 aliphatic rings. The zero-order chi connectivity index (χ0) is 14.5. The van der Waals surface area contributed by atoms with E-state index in [1.807, 2.05) is 6.07 Å². The second kappa shape index (κ2) is 6.75. The minimum absolute atomic E-state index is 0.344. The Balaban J connectivity index is 1.66. The van der Waals surface area contributed by atoms with Gasteiger partial charge in [0, 0.05) is 0 Å². The normalized spacial score (nSPS) is 10.5. The van der Waals surface area contributed by atoms with Crippen molar-refractivity contribution in [1.82, 2.24) is 4.98 Å². The molecule has 1 heterocycles. The number of hydrogen-bond acceptors (Lipinski definition) is 2. The van der Waals surface area contributed by atoms with Crippen molar-refractivity contribution in [2.45, 2.75) is 6.42 Å². The van der Waals surface area contributed by atoms with Crippen LogP contribution in [0.25, 0.3) is 11.3 Å². The van der Waals surface area contributed by atoms with Gasteiger partial charge in [0.2, 0.25) is 0 Å². The van der Waals surface area contributed by atoms with Crippen LogP contribution >= 0.6 is 0 Å². The van der Waals surface area contributed by atoms with Crippen LogP contribution in [0.4, 0.5) is 4.69 Å². The first-order chi connectivity index (χ1) is 10.3. The predicted octanol–water partition coefficient (Wildman–Crippen LogP) is 3.48. The predicted molar refractivity (Wildman–Crippen MR) is 90.0 cm³/mol. The number of rotatable bonds is 5. The average Bonchev–Trinajstić information content (AvgIpc) is 3.04. The molecule has 0 aliphatic carbocycles. The van der Waals surface area contributed by atoms with Crippen molar-refractivity contribution < 1.29 is 0 Å². The van der Waals surface area contributed by atoms with Crippen LogP contribution in [0.2, 0.25) is 0 Å². The number of hydrogen-bond donors (Lipinski definition) is 0. The van der Waals surface area contributed by atoms with Gasteiger partial charge in [-0.15, -0.1) is 0 Å². The molecule has 3 rings (SSSR count). The quantitative estimate of drug-likeness (QED) is 0.661. The van der Waals surface area contributed by atoms with Crippen LogP contribution in [-0.2, 0) is 6.42 Å². The molecule has 3 aromatic rings. The molecular weight excluding hydrogens is 323 g/mol. The van der Waals surface area contributed by atoms with Gasteiger partial charge in [0.25, 0.3) is 0 Å². The van der Waals surface area contributed by atoms with E-state index in [0.29, 0.717) is 14.5 Å². The molecule has 3 heteroatoms. The molecule has 0 amide bonds. The number of nitrogens with zero attached hydrogens (tertiary/aromatic N) is 2. The number of aromatic nitrogens is 1. The first kappa shape index (κ1) is 14.1. The summed E-state index contributed by atoms with van der Waals surface area (Å²) in [6.45, 7) is 1.01. The molecule has 0 N–H and O–H groups in total. The van der Waals surface area contributed by atoms with E-state index in [0.717, 1.165) is 18.7 Å². The molecule has 0 radical (unpaired) electrons. The molecule has 21 heavy (non-hydrogen) atoms. The van der Waals surface area contributed by atoms with Crippen molar-refractivity contribution in [3.05, 3.63) is 71.2 Å². The van der Waals surface area contributed by atoms with Crippen LogP contribution in [0.3, 0.4) is 0 Å². The third-order valence-electron chi connectivity index (χ3n) is 3.47. The van der Waals surface area contributed by atoms with Crippen molar-refractivity contribution in [2.75, 3.05) is 18.5 Å². The van der Waals surface area contributed by atoms with Gasteiger partial charge in [0.05, 0.1) is 0 Å². The van der Waals surface area contributed by atoms with Gasteiger partial charge < -0.3 is 0 Å². The van der Waals surface area contributed by atoms with E-state index in [9.17, 15) is 0 Å². The maximum atomic E-state index is 4.80. The van der Waals surface area contributed by atoms with Crippen molar-refractivity contribution in [3.63, 3.8) is 0 Å². The standard InChI is InChI=1S/C18H18N2Se/c1-20(13-12-15-8-4-2-5-9-15)18-19-17(14-21-18)16-10-6-3-7-11-16/h2-11,14H,12-13H2,1H3. The summed E-state index contributed by atoms with van der Waals surface area (Å²) in [6, 6.07) is 21.0. The third-order valence-corrected chi connectivity index (χ3v) is 5.47. The first-order valence-electron chi connectivity index (χ1n) is 7.09. The fraction of sp³-hybridized carbons (Fsp3) is 0.167. The van der Waals surface area contributed by atoms with Crippen LogP contribution in [0.5, 0.6) is 0 Å². The van der Waals surface area contributed by atoms with E-state index >= 15 is 0 Å². The second-order valence-electron chi connectivity index (χ2n) is 5.04. The van der Waals surface area contributed by atoms with E-state index in [1.54, 1.807) is 0 Å². The molecule has 106 valence electrons. The SMILES string of the molecule is CN(CCc1ccccc1)c1nc(-c2ccccc2)c[se]1. The summed E-state index contributed by atoms with van der Waals surface area (Å²) in [5.41, 5.74) is 3.72. The first-order valence-corrected chi connectivity index (χ1v) is 8.93. The zero-order valence-corrected chi connectivity index (χ0v) is 13.8. The van der Waals surface area contributed by atoms with Crippen LogP contribution < -0.4 is 4.90 Å². The Labute approximate surface area is 131 Å². The Bertz CT molecular complexity index is 677. The zero-order valence-electron chi connectivity index (χ0n) is 12.1. The maximum absolute atomic E-state index is 4.80. The van der Waals surface area contributed by atoms with Gasteiger partial charge in [-0.2, -0.15) is 0 Å². The molecule has 0 unspecified atom stereocenters. The Morgan fingerprint density at radius 1 is 0.952 bits per heavy atom. The second-order valence-corrected chi connectivity index (χ2v) is 6.79. The third kappa shape index (κ3) is 3.63. The fourth-order valence-corrected chi connectivity index (χ4v) is 3.96. The van der Waals surface area contributed by atoms with Gasteiger partial charge in [0.1, 0.15) is 0 Å². The van der Waals surface area contributed by atoms with Gasteiger partial charge >= 0.3 is 132 Å². The Hall–Kier alpha value is -1.83. The summed E-state index contributed by atoms with van der Waals surface area (Å²) in [7, 11) is 2.14. The van der Waals surface area contributed by atoms with Gasteiger partial charge in [-0.3, -0.25) is 0 Å². The van der Waals surface area contributed by atoms with Crippen LogP contribution in [-0.4, -0.2) is 33.1 Å². The molecule has 0 saturated heterocycles. The molecule has 0 bridgehead atoms. The number of benzene rings is 2. The van der Waals surface area contributed by atoms with E-state index in [-0.39, 0.29) is 0 Å². The van der Waals surface area contributed by atoms with E-state index < -0.39 is 0 Å². The Morgan fingerprint density at radius 3 is 2.33 bits per heavy atom. The summed E-state index contributed by atoms with van der Waals surface area (Å²) in [5.74, 6) is 0. The molecule has 2 nitrogen and oxygen atoms in total. The molecule has 0 spiro atoms. The topological polar surface area (TPSA) is 16.1 Å². The van der Waals surface area contributed by atoms with Gasteiger partial charge in [-0.1, -0.05) is 0 Å². The summed E-state index contributed by atoms with van der Waals surface area (Å²) < 4.78 is 1.22. The molecule has 1 aromatic heterocycles. The van der Waals surface area contributed by atoms with Crippen molar-refractivity contribution in [1.29, 1.82) is 0 Å². The van der Waals surface area contributed by atoms with Crippen LogP contribution in [0, 0.1) is 0 Å². The van der Waals surface area contributed by atoms with E-state index in [2.05, 4.69) is 71.5 Å². The summed E-state index contributed by atoms with van der Waals surface area (Å²) >= 11 is 0.344.